The molecule has 4 heterocycles. The standard InChI is InChI=1S/C27H39N5O/c1-18-15-26-24(28-22(18)5)9-7-12-31(26)14-11-20(3)30-33-21(4)17-32-13-8-10-25-27(32)16-19(2)23(6)29-25/h15-16,21H,7-14,17H2,1-6H3/t21-/m1/s1. The van der Waals surface area contributed by atoms with Crippen molar-refractivity contribution >= 4 is 17.1 Å². The molecule has 0 bridgehead atoms. The Labute approximate surface area is 199 Å². The van der Waals surface area contributed by atoms with Crippen molar-refractivity contribution in [3.05, 3.63) is 46.0 Å². The molecule has 1 atom stereocenters. The Morgan fingerprint density at radius 2 is 1.48 bits per heavy atom. The first-order valence-corrected chi connectivity index (χ1v) is 12.4. The van der Waals surface area contributed by atoms with Gasteiger partial charge in [0.2, 0.25) is 0 Å². The number of anilines is 2. The molecular formula is C27H39N5O. The van der Waals surface area contributed by atoms with E-state index in [1.807, 2.05) is 0 Å². The zero-order valence-electron chi connectivity index (χ0n) is 21.2. The van der Waals surface area contributed by atoms with Crippen LogP contribution >= 0.6 is 0 Å². The summed E-state index contributed by atoms with van der Waals surface area (Å²) >= 11 is 0. The van der Waals surface area contributed by atoms with Crippen molar-refractivity contribution in [3.8, 4) is 0 Å². The van der Waals surface area contributed by atoms with Crippen LogP contribution in [0.3, 0.4) is 0 Å². The molecule has 0 amide bonds. The normalized spacial score (nSPS) is 17.0. The number of hydrogen-bond acceptors (Lipinski definition) is 6. The van der Waals surface area contributed by atoms with Crippen molar-refractivity contribution in [3.63, 3.8) is 0 Å². The fourth-order valence-corrected chi connectivity index (χ4v) is 4.80. The van der Waals surface area contributed by atoms with E-state index in [2.05, 4.69) is 68.6 Å². The van der Waals surface area contributed by atoms with E-state index in [9.17, 15) is 0 Å². The molecule has 6 heteroatoms. The van der Waals surface area contributed by atoms with Gasteiger partial charge >= 0.3 is 0 Å². The molecule has 0 saturated carbocycles. The van der Waals surface area contributed by atoms with Crippen molar-refractivity contribution in [2.75, 3.05) is 36.0 Å². The highest BCUT2D eigenvalue weighted by atomic mass is 16.6. The summed E-state index contributed by atoms with van der Waals surface area (Å²) in [5.41, 5.74) is 10.9. The van der Waals surface area contributed by atoms with Crippen LogP contribution in [-0.4, -0.2) is 48.0 Å². The number of rotatable bonds is 7. The summed E-state index contributed by atoms with van der Waals surface area (Å²) in [7, 11) is 0. The number of aromatic nitrogens is 2. The van der Waals surface area contributed by atoms with Crippen LogP contribution in [0.4, 0.5) is 11.4 Å². The largest absolute Gasteiger partial charge is 0.391 e. The molecule has 178 valence electrons. The molecule has 2 aromatic rings. The van der Waals surface area contributed by atoms with Crippen LogP contribution in [0.1, 0.15) is 67.0 Å². The van der Waals surface area contributed by atoms with Crippen LogP contribution in [0.15, 0.2) is 17.3 Å². The summed E-state index contributed by atoms with van der Waals surface area (Å²) in [6.07, 6.45) is 5.37. The first kappa shape index (κ1) is 23.5. The summed E-state index contributed by atoms with van der Waals surface area (Å²) in [5.74, 6) is 0. The fraction of sp³-hybridized carbons (Fsp3) is 0.593. The van der Waals surface area contributed by atoms with Crippen LogP contribution in [0, 0.1) is 27.7 Å². The van der Waals surface area contributed by atoms with Crippen molar-refractivity contribution in [2.24, 2.45) is 5.16 Å². The van der Waals surface area contributed by atoms with Gasteiger partial charge in [-0.25, -0.2) is 0 Å². The van der Waals surface area contributed by atoms with E-state index in [0.717, 1.165) is 75.4 Å². The first-order chi connectivity index (χ1) is 15.8. The maximum atomic E-state index is 5.91. The van der Waals surface area contributed by atoms with Gasteiger partial charge in [0.25, 0.3) is 0 Å². The van der Waals surface area contributed by atoms with E-state index < -0.39 is 0 Å². The predicted octanol–water partition coefficient (Wildman–Crippen LogP) is 5.09. The third kappa shape index (κ3) is 5.48. The van der Waals surface area contributed by atoms with Gasteiger partial charge in [0.15, 0.2) is 0 Å². The fourth-order valence-electron chi connectivity index (χ4n) is 4.80. The van der Waals surface area contributed by atoms with Gasteiger partial charge in [-0.05, 0) is 90.5 Å². The van der Waals surface area contributed by atoms with Crippen LogP contribution in [0.5, 0.6) is 0 Å². The first-order valence-electron chi connectivity index (χ1n) is 12.4. The van der Waals surface area contributed by atoms with Gasteiger partial charge in [-0.1, -0.05) is 5.16 Å². The van der Waals surface area contributed by atoms with Crippen molar-refractivity contribution in [2.45, 2.75) is 79.8 Å². The molecule has 0 spiro atoms. The van der Waals surface area contributed by atoms with E-state index >= 15 is 0 Å². The molecule has 2 aliphatic rings. The Hall–Kier alpha value is -2.63. The molecule has 0 aliphatic carbocycles. The number of oxime groups is 1. The average Bonchev–Trinajstić information content (AvgIpc) is 2.78. The van der Waals surface area contributed by atoms with E-state index in [4.69, 9.17) is 14.8 Å². The lowest BCUT2D eigenvalue weighted by molar-refractivity contribution is 0.0762. The second kappa shape index (κ2) is 10.1. The van der Waals surface area contributed by atoms with Gasteiger partial charge in [-0.15, -0.1) is 0 Å². The molecule has 0 fully saturated rings. The van der Waals surface area contributed by atoms with Crippen LogP contribution in [0.25, 0.3) is 0 Å². The lowest BCUT2D eigenvalue weighted by Gasteiger charge is -2.32. The average molecular weight is 450 g/mol. The molecule has 0 radical (unpaired) electrons. The summed E-state index contributed by atoms with van der Waals surface area (Å²) in [6, 6.07) is 4.59. The van der Waals surface area contributed by atoms with Gasteiger partial charge < -0.3 is 14.6 Å². The quantitative estimate of drug-likeness (QED) is 0.435. The Kier molecular flexibility index (Phi) is 7.20. The number of hydrogen-bond donors (Lipinski definition) is 0. The van der Waals surface area contributed by atoms with E-state index in [1.54, 1.807) is 0 Å². The van der Waals surface area contributed by atoms with Gasteiger partial charge in [-0.2, -0.15) is 0 Å². The third-order valence-corrected chi connectivity index (χ3v) is 7.02. The third-order valence-electron chi connectivity index (χ3n) is 7.02. The van der Waals surface area contributed by atoms with Crippen molar-refractivity contribution in [1.29, 1.82) is 0 Å². The van der Waals surface area contributed by atoms with E-state index in [0.29, 0.717) is 0 Å². The second-order valence-corrected chi connectivity index (χ2v) is 9.85. The minimum absolute atomic E-state index is 0.0260. The topological polar surface area (TPSA) is 53.9 Å². The predicted molar refractivity (Wildman–Crippen MR) is 137 cm³/mol. The minimum atomic E-state index is 0.0260. The molecule has 6 nitrogen and oxygen atoms in total. The lowest BCUT2D eigenvalue weighted by Crippen LogP contribution is -2.36. The molecule has 0 aromatic carbocycles. The smallest absolute Gasteiger partial charge is 0.142 e. The number of nitrogens with zero attached hydrogens (tertiary/aromatic N) is 5. The highest BCUT2D eigenvalue weighted by Gasteiger charge is 2.22. The number of pyridine rings is 2. The maximum Gasteiger partial charge on any atom is 0.142 e. The zero-order chi connectivity index (χ0) is 23.5. The Balaban J connectivity index is 1.32. The molecule has 2 aromatic heterocycles. The number of fused-ring (bicyclic) bond motifs is 2. The summed E-state index contributed by atoms with van der Waals surface area (Å²) < 4.78 is 0. The second-order valence-electron chi connectivity index (χ2n) is 9.85. The molecule has 0 saturated heterocycles. The highest BCUT2D eigenvalue weighted by Crippen LogP contribution is 2.29. The molecule has 0 unspecified atom stereocenters. The van der Waals surface area contributed by atoms with Gasteiger partial charge in [0.1, 0.15) is 6.10 Å². The Morgan fingerprint density at radius 1 is 0.939 bits per heavy atom. The number of aryl methyl sites for hydroxylation is 6. The summed E-state index contributed by atoms with van der Waals surface area (Å²) in [6.45, 7) is 16.6. The van der Waals surface area contributed by atoms with E-state index in [1.165, 1.54) is 33.9 Å². The summed E-state index contributed by atoms with van der Waals surface area (Å²) in [5, 5.41) is 4.48. The SMILES string of the molecule is CC(CCN1CCCc2nc(C)c(C)cc21)=NO[C@H](C)CN1CCCc2nc(C)c(C)cc21. The van der Waals surface area contributed by atoms with Crippen molar-refractivity contribution < 1.29 is 4.84 Å². The summed E-state index contributed by atoms with van der Waals surface area (Å²) in [4.78, 5) is 20.4. The molecule has 0 N–H and O–H groups in total. The minimum Gasteiger partial charge on any atom is -0.391 e. The molecular weight excluding hydrogens is 410 g/mol. The molecule has 4 rings (SSSR count). The Morgan fingerprint density at radius 3 is 2.09 bits per heavy atom. The Bertz CT molecular complexity index is 1030. The van der Waals surface area contributed by atoms with Gasteiger partial charge in [0, 0.05) is 37.4 Å². The maximum absolute atomic E-state index is 5.91. The molecule has 33 heavy (non-hydrogen) atoms. The van der Waals surface area contributed by atoms with Crippen LogP contribution < -0.4 is 9.80 Å². The van der Waals surface area contributed by atoms with Crippen LogP contribution in [-0.2, 0) is 17.7 Å². The lowest BCUT2D eigenvalue weighted by atomic mass is 10.0. The van der Waals surface area contributed by atoms with Crippen LogP contribution in [0.2, 0.25) is 0 Å². The zero-order valence-corrected chi connectivity index (χ0v) is 21.2. The molecule has 2 aliphatic heterocycles. The van der Waals surface area contributed by atoms with Crippen molar-refractivity contribution in [1.82, 2.24) is 9.97 Å². The highest BCUT2D eigenvalue weighted by molar-refractivity contribution is 5.82. The monoisotopic (exact) mass is 449 g/mol. The van der Waals surface area contributed by atoms with Gasteiger partial charge in [-0.3, -0.25) is 9.97 Å². The van der Waals surface area contributed by atoms with Gasteiger partial charge in [0.05, 0.1) is 35.0 Å². The van der Waals surface area contributed by atoms with E-state index in [-0.39, 0.29) is 6.10 Å².